The van der Waals surface area contributed by atoms with Crippen molar-refractivity contribution >= 4 is 34.2 Å². The summed E-state index contributed by atoms with van der Waals surface area (Å²) in [5.74, 6) is 4.30. The molecule has 2 bridgehead atoms. The summed E-state index contributed by atoms with van der Waals surface area (Å²) in [4.78, 5) is 1.01. The third-order valence-corrected chi connectivity index (χ3v) is 8.44. The van der Waals surface area contributed by atoms with E-state index in [0.717, 1.165) is 41.1 Å². The summed E-state index contributed by atoms with van der Waals surface area (Å²) in [6.07, 6.45) is 2.79. The van der Waals surface area contributed by atoms with Gasteiger partial charge in [-0.15, -0.1) is 12.6 Å². The van der Waals surface area contributed by atoms with Crippen molar-refractivity contribution < 1.29 is 4.74 Å². The molecule has 0 heterocycles. The van der Waals surface area contributed by atoms with Gasteiger partial charge >= 0.3 is 0 Å². The van der Waals surface area contributed by atoms with E-state index in [1.807, 2.05) is 0 Å². The highest BCUT2D eigenvalue weighted by Gasteiger charge is 2.48. The Hall–Kier alpha value is -1.51. The highest BCUT2D eigenvalue weighted by Crippen LogP contribution is 2.55. The Balaban J connectivity index is 1.37. The molecule has 0 amide bonds. The van der Waals surface area contributed by atoms with Crippen molar-refractivity contribution in [2.24, 2.45) is 29.6 Å². The first-order valence-electron chi connectivity index (χ1n) is 11.1. The number of hydrogen-bond acceptors (Lipinski definition) is 2. The average molecular weight is 405 g/mol. The molecule has 3 aromatic carbocycles. The first kappa shape index (κ1) is 19.5. The van der Waals surface area contributed by atoms with Crippen molar-refractivity contribution in [2.75, 3.05) is 6.61 Å². The van der Waals surface area contributed by atoms with Crippen molar-refractivity contribution in [2.45, 2.75) is 51.0 Å². The van der Waals surface area contributed by atoms with Gasteiger partial charge in [0, 0.05) is 4.90 Å². The van der Waals surface area contributed by atoms with Crippen LogP contribution in [-0.2, 0) is 10.3 Å². The molecule has 2 saturated carbocycles. The Kier molecular flexibility index (Phi) is 4.71. The molecule has 0 N–H and O–H groups in total. The van der Waals surface area contributed by atoms with Crippen molar-refractivity contribution in [3.8, 4) is 0 Å². The summed E-state index contributed by atoms with van der Waals surface area (Å²) in [6.45, 7) is 10.2. The molecule has 0 radical (unpaired) electrons. The zero-order valence-corrected chi connectivity index (χ0v) is 18.9. The zero-order valence-electron chi connectivity index (χ0n) is 18.0. The molecule has 2 aliphatic carbocycles. The maximum Gasteiger partial charge on any atom is 0.0875 e. The summed E-state index contributed by atoms with van der Waals surface area (Å²) in [6, 6.07) is 17.7. The first-order valence-corrected chi connectivity index (χ1v) is 11.6. The number of rotatable bonds is 4. The van der Waals surface area contributed by atoms with E-state index in [-0.39, 0.29) is 5.60 Å². The van der Waals surface area contributed by atoms with Crippen LogP contribution in [0.5, 0.6) is 0 Å². The third kappa shape index (κ3) is 3.39. The molecule has 0 spiro atoms. The van der Waals surface area contributed by atoms with Crippen molar-refractivity contribution in [1.82, 2.24) is 0 Å². The number of hydrogen-bond donors (Lipinski definition) is 1. The lowest BCUT2D eigenvalue weighted by Crippen LogP contribution is -2.31. The summed E-state index contributed by atoms with van der Waals surface area (Å²) >= 11 is 4.48. The van der Waals surface area contributed by atoms with Crippen LogP contribution >= 0.6 is 12.6 Å². The largest absolute Gasteiger partial charge is 0.371 e. The van der Waals surface area contributed by atoms with Crippen LogP contribution in [0.3, 0.4) is 0 Å². The van der Waals surface area contributed by atoms with Gasteiger partial charge in [0.25, 0.3) is 0 Å². The second-order valence-corrected chi connectivity index (χ2v) is 10.7. The predicted molar refractivity (Wildman–Crippen MR) is 126 cm³/mol. The second kappa shape index (κ2) is 7.03. The van der Waals surface area contributed by atoms with Gasteiger partial charge in [0.05, 0.1) is 12.2 Å². The molecule has 0 aromatic heterocycles. The molecule has 5 atom stereocenters. The number of benzene rings is 3. The quantitative estimate of drug-likeness (QED) is 0.351. The Labute approximate surface area is 180 Å². The van der Waals surface area contributed by atoms with Crippen LogP contribution in [0.15, 0.2) is 53.4 Å². The lowest BCUT2D eigenvalue weighted by atomic mass is 9.76. The van der Waals surface area contributed by atoms with Crippen LogP contribution in [0.25, 0.3) is 21.5 Å². The highest BCUT2D eigenvalue weighted by molar-refractivity contribution is 7.80. The second-order valence-electron chi connectivity index (χ2n) is 10.1. The number of fused-ring (bicyclic) bond motifs is 4. The molecule has 0 saturated heterocycles. The molecule has 0 aliphatic heterocycles. The fourth-order valence-electron chi connectivity index (χ4n) is 6.04. The molecule has 29 heavy (non-hydrogen) atoms. The number of ether oxygens (including phenoxy) is 1. The van der Waals surface area contributed by atoms with Gasteiger partial charge in [-0.05, 0) is 114 Å². The molecule has 2 heteroatoms. The van der Waals surface area contributed by atoms with Crippen molar-refractivity contribution in [1.29, 1.82) is 0 Å². The predicted octanol–water partition coefficient (Wildman–Crippen LogP) is 7.46. The molecule has 2 aliphatic rings. The van der Waals surface area contributed by atoms with Gasteiger partial charge in [0.1, 0.15) is 0 Å². The molecule has 3 aromatic rings. The first-order chi connectivity index (χ1) is 13.8. The SMILES string of the molecule is CC1C2CC(COC(C)(C)c3ccc4cc5cc(S)ccc5cc4c3)C(C2)C1C. The van der Waals surface area contributed by atoms with Gasteiger partial charge in [-0.3, -0.25) is 0 Å². The lowest BCUT2D eigenvalue weighted by molar-refractivity contribution is -0.0539. The summed E-state index contributed by atoms with van der Waals surface area (Å²) in [5, 5.41) is 5.05. The molecule has 5 rings (SSSR count). The maximum absolute atomic E-state index is 6.58. The molecule has 1 nitrogen and oxygen atoms in total. The lowest BCUT2D eigenvalue weighted by Gasteiger charge is -2.34. The minimum atomic E-state index is -0.269. The van der Waals surface area contributed by atoms with Gasteiger partial charge < -0.3 is 4.74 Å². The standard InChI is InChI=1S/C27H32OS/c1-16-17(2)26-14-20(16)11-23(26)15-28-27(3,4)24-7-5-18-10-22-13-25(29)8-6-19(22)9-21(18)12-24/h5-10,12-13,16-17,20,23,26,29H,11,14-15H2,1-4H3. The van der Waals surface area contributed by atoms with Gasteiger partial charge in [-0.25, -0.2) is 0 Å². The fourth-order valence-corrected chi connectivity index (χ4v) is 6.26. The molecular formula is C27H32OS. The normalized spacial score (nSPS) is 29.2. The van der Waals surface area contributed by atoms with Crippen molar-refractivity contribution in [3.63, 3.8) is 0 Å². The third-order valence-electron chi connectivity index (χ3n) is 8.17. The summed E-state index contributed by atoms with van der Waals surface area (Å²) in [5.41, 5.74) is 0.995. The van der Waals surface area contributed by atoms with E-state index in [1.54, 1.807) is 0 Å². The van der Waals surface area contributed by atoms with Gasteiger partial charge in [0.2, 0.25) is 0 Å². The average Bonchev–Trinajstić information content (AvgIpc) is 3.24. The number of thiol groups is 1. The zero-order chi connectivity index (χ0) is 20.3. The minimum absolute atomic E-state index is 0.269. The van der Waals surface area contributed by atoms with E-state index < -0.39 is 0 Å². The van der Waals surface area contributed by atoms with E-state index >= 15 is 0 Å². The van der Waals surface area contributed by atoms with E-state index in [4.69, 9.17) is 4.74 Å². The molecular weight excluding hydrogens is 372 g/mol. The smallest absolute Gasteiger partial charge is 0.0875 e. The Bertz CT molecular complexity index is 1070. The van der Waals surface area contributed by atoms with E-state index in [1.165, 1.54) is 39.9 Å². The monoisotopic (exact) mass is 404 g/mol. The van der Waals surface area contributed by atoms with Crippen LogP contribution in [0.4, 0.5) is 0 Å². The van der Waals surface area contributed by atoms with Crippen LogP contribution in [-0.4, -0.2) is 6.61 Å². The van der Waals surface area contributed by atoms with Crippen molar-refractivity contribution in [3.05, 3.63) is 54.1 Å². The van der Waals surface area contributed by atoms with Crippen LogP contribution in [0.2, 0.25) is 0 Å². The topological polar surface area (TPSA) is 9.23 Å². The van der Waals surface area contributed by atoms with E-state index in [9.17, 15) is 0 Å². The van der Waals surface area contributed by atoms with Gasteiger partial charge in [-0.2, -0.15) is 0 Å². The highest BCUT2D eigenvalue weighted by atomic mass is 32.1. The summed E-state index contributed by atoms with van der Waals surface area (Å²) in [7, 11) is 0. The van der Waals surface area contributed by atoms with Gasteiger partial charge in [-0.1, -0.05) is 32.0 Å². The Morgan fingerprint density at radius 3 is 2.24 bits per heavy atom. The fraction of sp³-hybridized carbons (Fsp3) is 0.481. The Morgan fingerprint density at radius 1 is 0.862 bits per heavy atom. The van der Waals surface area contributed by atoms with E-state index in [2.05, 4.69) is 88.9 Å². The van der Waals surface area contributed by atoms with E-state index in [0.29, 0.717) is 0 Å². The van der Waals surface area contributed by atoms with Gasteiger partial charge in [0.15, 0.2) is 0 Å². The van der Waals surface area contributed by atoms with Crippen LogP contribution < -0.4 is 0 Å². The molecule has 5 unspecified atom stereocenters. The van der Waals surface area contributed by atoms with Crippen LogP contribution in [0, 0.1) is 29.6 Å². The van der Waals surface area contributed by atoms with Crippen LogP contribution in [0.1, 0.15) is 46.1 Å². The maximum atomic E-state index is 6.58. The molecule has 152 valence electrons. The Morgan fingerprint density at radius 2 is 1.55 bits per heavy atom. The summed E-state index contributed by atoms with van der Waals surface area (Å²) < 4.78 is 6.58. The minimum Gasteiger partial charge on any atom is -0.371 e. The molecule has 2 fully saturated rings.